The summed E-state index contributed by atoms with van der Waals surface area (Å²) in [5.74, 6) is -13.4. The summed E-state index contributed by atoms with van der Waals surface area (Å²) in [6, 6.07) is 4.67. The number of hydrogen-bond acceptors (Lipinski definition) is 2. The molecular formula is C26H26F6O2. The zero-order valence-corrected chi connectivity index (χ0v) is 19.0. The molecule has 0 radical (unpaired) electrons. The van der Waals surface area contributed by atoms with Gasteiger partial charge in [-0.25, -0.2) is 8.78 Å². The Morgan fingerprint density at radius 2 is 1.62 bits per heavy atom. The molecule has 2 nitrogen and oxygen atoms in total. The fraction of sp³-hybridized carbons (Fsp3) is 0.462. The van der Waals surface area contributed by atoms with Gasteiger partial charge in [0.15, 0.2) is 11.6 Å². The topological polar surface area (TPSA) is 18.5 Å². The third kappa shape index (κ3) is 4.10. The summed E-state index contributed by atoms with van der Waals surface area (Å²) in [5, 5.41) is 0. The minimum absolute atomic E-state index is 0.0454. The minimum Gasteiger partial charge on any atom is -0.491 e. The van der Waals surface area contributed by atoms with Crippen LogP contribution in [0.2, 0.25) is 0 Å². The lowest BCUT2D eigenvalue weighted by Gasteiger charge is -2.36. The van der Waals surface area contributed by atoms with Crippen molar-refractivity contribution in [2.45, 2.75) is 63.9 Å². The summed E-state index contributed by atoms with van der Waals surface area (Å²) in [6.45, 7) is 4.28. The second-order valence-electron chi connectivity index (χ2n) is 8.87. The molecule has 1 aliphatic heterocycles. The van der Waals surface area contributed by atoms with Crippen LogP contribution in [0, 0.1) is 11.6 Å². The van der Waals surface area contributed by atoms with E-state index in [2.05, 4.69) is 0 Å². The van der Waals surface area contributed by atoms with Crippen molar-refractivity contribution in [1.29, 1.82) is 0 Å². The Balaban J connectivity index is 1.73. The lowest BCUT2D eigenvalue weighted by molar-refractivity contribution is -0.228. The molecule has 2 aliphatic rings. The third-order valence-electron chi connectivity index (χ3n) is 6.41. The number of unbranched alkanes of at least 4 members (excludes halogenated alkanes) is 1. The summed E-state index contributed by atoms with van der Waals surface area (Å²) in [7, 11) is 0. The standard InChI is InChI=1S/C26H26F6O2/c1-3-4-13-33-20-12-11-19-18-10-7-16(6-9-17-8-5-15(2)14-34-17)23(27)21(18)25(29,30)26(31,32)22(19)24(20)28/h5,7,10-12,17H,3-4,6,8-9,13-14H2,1-2H3. The van der Waals surface area contributed by atoms with Crippen molar-refractivity contribution in [2.24, 2.45) is 0 Å². The van der Waals surface area contributed by atoms with Gasteiger partial charge in [-0.2, -0.15) is 17.6 Å². The first kappa shape index (κ1) is 24.6. The average Bonchev–Trinajstić information content (AvgIpc) is 2.79. The summed E-state index contributed by atoms with van der Waals surface area (Å²) in [4.78, 5) is 0. The van der Waals surface area contributed by atoms with E-state index in [0.29, 0.717) is 25.9 Å². The lowest BCUT2D eigenvalue weighted by Crippen LogP contribution is -2.41. The molecule has 0 bridgehead atoms. The van der Waals surface area contributed by atoms with E-state index in [1.54, 1.807) is 0 Å². The molecule has 0 saturated heterocycles. The Morgan fingerprint density at radius 1 is 0.971 bits per heavy atom. The van der Waals surface area contributed by atoms with E-state index < -0.39 is 51.5 Å². The first-order chi connectivity index (χ1) is 16.1. The van der Waals surface area contributed by atoms with E-state index in [0.717, 1.165) is 24.1 Å². The number of halogens is 6. The highest BCUT2D eigenvalue weighted by molar-refractivity contribution is 5.77. The van der Waals surface area contributed by atoms with Crippen molar-refractivity contribution in [1.82, 2.24) is 0 Å². The van der Waals surface area contributed by atoms with E-state index >= 15 is 22.0 Å². The number of aryl methyl sites for hydroxylation is 1. The van der Waals surface area contributed by atoms with Gasteiger partial charge in [0.05, 0.1) is 30.4 Å². The zero-order valence-electron chi connectivity index (χ0n) is 19.0. The van der Waals surface area contributed by atoms with Crippen LogP contribution in [0.4, 0.5) is 26.3 Å². The van der Waals surface area contributed by atoms with Gasteiger partial charge in [-0.1, -0.05) is 37.1 Å². The molecule has 0 spiro atoms. The number of alkyl halides is 4. The Labute approximate surface area is 194 Å². The number of rotatable bonds is 7. The van der Waals surface area contributed by atoms with E-state index in [-0.39, 0.29) is 24.7 Å². The van der Waals surface area contributed by atoms with E-state index in [1.165, 1.54) is 12.1 Å². The molecule has 0 N–H and O–H groups in total. The quantitative estimate of drug-likeness (QED) is 0.228. The first-order valence-electron chi connectivity index (χ1n) is 11.4. The van der Waals surface area contributed by atoms with Crippen LogP contribution < -0.4 is 4.74 Å². The second kappa shape index (κ2) is 9.29. The number of benzene rings is 2. The average molecular weight is 484 g/mol. The van der Waals surface area contributed by atoms with Gasteiger partial charge < -0.3 is 9.47 Å². The maximum absolute atomic E-state index is 15.3. The van der Waals surface area contributed by atoms with E-state index in [4.69, 9.17) is 9.47 Å². The SMILES string of the molecule is CCCCOc1ccc2c(c1F)C(F)(F)C(F)(F)c1c-2ccc(CCC2CC=C(C)CO2)c1F. The van der Waals surface area contributed by atoms with Gasteiger partial charge in [-0.15, -0.1) is 0 Å². The first-order valence-corrected chi connectivity index (χ1v) is 11.4. The van der Waals surface area contributed by atoms with Gasteiger partial charge in [0.2, 0.25) is 0 Å². The van der Waals surface area contributed by atoms with Crippen LogP contribution in [0.25, 0.3) is 11.1 Å². The van der Waals surface area contributed by atoms with Gasteiger partial charge in [-0.05, 0) is 61.4 Å². The van der Waals surface area contributed by atoms with E-state index in [9.17, 15) is 4.39 Å². The molecule has 2 aromatic rings. The van der Waals surface area contributed by atoms with Gasteiger partial charge in [0, 0.05) is 0 Å². The van der Waals surface area contributed by atoms with Gasteiger partial charge >= 0.3 is 11.8 Å². The number of hydrogen-bond donors (Lipinski definition) is 0. The van der Waals surface area contributed by atoms with Gasteiger partial charge in [0.1, 0.15) is 5.82 Å². The van der Waals surface area contributed by atoms with Gasteiger partial charge in [-0.3, -0.25) is 0 Å². The highest BCUT2D eigenvalue weighted by Crippen LogP contribution is 2.60. The van der Waals surface area contributed by atoms with Crippen LogP contribution >= 0.6 is 0 Å². The third-order valence-corrected chi connectivity index (χ3v) is 6.41. The van der Waals surface area contributed by atoms with Gasteiger partial charge in [0.25, 0.3) is 0 Å². The van der Waals surface area contributed by atoms with Crippen LogP contribution in [0.3, 0.4) is 0 Å². The Hall–Kier alpha value is -2.48. The molecule has 184 valence electrons. The number of ether oxygens (including phenoxy) is 2. The summed E-state index contributed by atoms with van der Waals surface area (Å²) in [5.41, 5.74) is -2.81. The van der Waals surface area contributed by atoms with Crippen LogP contribution in [-0.2, 0) is 23.0 Å². The summed E-state index contributed by atoms with van der Waals surface area (Å²) < 4.78 is 102. The summed E-state index contributed by atoms with van der Waals surface area (Å²) in [6.07, 6.45) is 4.07. The predicted octanol–water partition coefficient (Wildman–Crippen LogP) is 7.68. The lowest BCUT2D eigenvalue weighted by atomic mass is 9.78. The minimum atomic E-state index is -4.96. The highest BCUT2D eigenvalue weighted by atomic mass is 19.3. The fourth-order valence-corrected chi connectivity index (χ4v) is 4.41. The van der Waals surface area contributed by atoms with Crippen molar-refractivity contribution >= 4 is 0 Å². The molecule has 0 amide bonds. The van der Waals surface area contributed by atoms with Crippen molar-refractivity contribution in [3.05, 3.63) is 64.2 Å². The summed E-state index contributed by atoms with van der Waals surface area (Å²) >= 11 is 0. The molecule has 1 unspecified atom stereocenters. The fourth-order valence-electron chi connectivity index (χ4n) is 4.41. The molecule has 2 aromatic carbocycles. The molecule has 0 aromatic heterocycles. The Kier molecular flexibility index (Phi) is 6.73. The van der Waals surface area contributed by atoms with Crippen LogP contribution in [-0.4, -0.2) is 19.3 Å². The Bertz CT molecular complexity index is 1110. The predicted molar refractivity (Wildman–Crippen MR) is 116 cm³/mol. The molecule has 0 saturated carbocycles. The normalized spacial score (nSPS) is 20.4. The van der Waals surface area contributed by atoms with Crippen molar-refractivity contribution in [2.75, 3.05) is 13.2 Å². The van der Waals surface area contributed by atoms with Crippen molar-refractivity contribution in [3.63, 3.8) is 0 Å². The largest absolute Gasteiger partial charge is 0.491 e. The van der Waals surface area contributed by atoms with Crippen LogP contribution in [0.15, 0.2) is 35.9 Å². The molecule has 0 fully saturated rings. The zero-order chi connectivity index (χ0) is 24.7. The maximum Gasteiger partial charge on any atom is 0.343 e. The molecule has 1 heterocycles. The highest BCUT2D eigenvalue weighted by Gasteiger charge is 2.65. The smallest absolute Gasteiger partial charge is 0.343 e. The molecule has 34 heavy (non-hydrogen) atoms. The van der Waals surface area contributed by atoms with Crippen molar-refractivity contribution < 1.29 is 35.8 Å². The Morgan fingerprint density at radius 3 is 2.24 bits per heavy atom. The van der Waals surface area contributed by atoms with Crippen LogP contribution in [0.1, 0.15) is 56.2 Å². The molecule has 4 rings (SSSR count). The number of fused-ring (bicyclic) bond motifs is 3. The van der Waals surface area contributed by atoms with Crippen LogP contribution in [0.5, 0.6) is 5.75 Å². The molecule has 8 heteroatoms. The maximum atomic E-state index is 15.3. The second-order valence-corrected chi connectivity index (χ2v) is 8.87. The molecule has 1 aliphatic carbocycles. The molecular weight excluding hydrogens is 458 g/mol. The molecule has 1 atom stereocenters. The van der Waals surface area contributed by atoms with Crippen molar-refractivity contribution in [3.8, 4) is 16.9 Å². The monoisotopic (exact) mass is 484 g/mol. The van der Waals surface area contributed by atoms with E-state index in [1.807, 2.05) is 19.9 Å².